The molecule has 0 unspecified atom stereocenters. The largest absolute Gasteiger partial charge is 0.508 e. The molecule has 1 heterocycles. The average molecular weight is 379 g/mol. The minimum Gasteiger partial charge on any atom is -0.508 e. The van der Waals surface area contributed by atoms with Crippen LogP contribution in [-0.2, 0) is 10.2 Å². The first-order chi connectivity index (χ1) is 15.2. The van der Waals surface area contributed by atoms with Crippen LogP contribution in [0.1, 0.15) is 111 Å². The Balaban J connectivity index is 2.14. The Bertz CT molecular complexity index is 873. The lowest BCUT2D eigenvalue weighted by atomic mass is 9.66. The molecule has 0 spiro atoms. The summed E-state index contributed by atoms with van der Waals surface area (Å²) >= 11 is 0. The lowest BCUT2D eigenvalue weighted by Crippen LogP contribution is -2.47. The summed E-state index contributed by atoms with van der Waals surface area (Å²) in [6, 6.07) is 3.37. The number of hydrogen-bond acceptors (Lipinski definition) is 3. The van der Waals surface area contributed by atoms with Crippen molar-refractivity contribution < 1.29 is 22.9 Å². The van der Waals surface area contributed by atoms with Crippen LogP contribution in [0.4, 0.5) is 0 Å². The normalized spacial score (nSPS) is 28.3. The monoisotopic (exact) mass is 378 g/mol. The van der Waals surface area contributed by atoms with E-state index in [4.69, 9.17) is 13.0 Å². The van der Waals surface area contributed by atoms with E-state index < -0.39 is 31.1 Å². The predicted molar refractivity (Wildman–Crippen MR) is 110 cm³/mol. The molecule has 1 fully saturated rings. The lowest BCUT2D eigenvalue weighted by Gasteiger charge is -2.47. The van der Waals surface area contributed by atoms with Crippen molar-refractivity contribution in [2.75, 3.05) is 0 Å². The standard InChI is InChI=1S/C24H36O3/c1-6-7-8-9-12-23(2,3)16-13-20(26)22-18-15-17(25)10-11-19(18)24(4,5)27-21(22)14-16/h13-14,18-19,26H,6-12,15H2,1-5H3/t18-,19-/m1/s1/i4D3,5D3. The molecule has 1 aromatic rings. The molecule has 0 bridgehead atoms. The van der Waals surface area contributed by atoms with Gasteiger partial charge in [0.15, 0.2) is 0 Å². The molecule has 0 radical (unpaired) electrons. The Hall–Kier alpha value is -1.51. The first kappa shape index (κ1) is 13.6. The number of benzene rings is 1. The minimum absolute atomic E-state index is 0.00224. The molecule has 1 saturated carbocycles. The summed E-state index contributed by atoms with van der Waals surface area (Å²) in [5.74, 6) is -1.68. The molecule has 27 heavy (non-hydrogen) atoms. The number of ketones is 1. The summed E-state index contributed by atoms with van der Waals surface area (Å²) in [5, 5.41) is 11.0. The molecule has 1 N–H and O–H groups in total. The van der Waals surface area contributed by atoms with Crippen LogP contribution in [0.3, 0.4) is 0 Å². The number of aromatic hydroxyl groups is 1. The van der Waals surface area contributed by atoms with Crippen LogP contribution in [0.2, 0.25) is 0 Å². The van der Waals surface area contributed by atoms with Gasteiger partial charge in [0.1, 0.15) is 22.9 Å². The third-order valence-corrected chi connectivity index (χ3v) is 6.39. The molecule has 3 nitrogen and oxygen atoms in total. The van der Waals surface area contributed by atoms with Gasteiger partial charge in [0.25, 0.3) is 0 Å². The number of ether oxygens (including phenoxy) is 1. The Morgan fingerprint density at radius 1 is 1.30 bits per heavy atom. The first-order valence-electron chi connectivity index (χ1n) is 13.2. The number of phenols is 1. The maximum atomic E-state index is 12.3. The average Bonchev–Trinajstić information content (AvgIpc) is 2.68. The Morgan fingerprint density at radius 2 is 2.07 bits per heavy atom. The smallest absolute Gasteiger partial charge is 0.133 e. The second-order valence-corrected chi connectivity index (χ2v) is 8.93. The molecule has 1 aliphatic heterocycles. The zero-order valence-corrected chi connectivity index (χ0v) is 16.7. The maximum Gasteiger partial charge on any atom is 0.133 e. The second kappa shape index (κ2) is 7.48. The van der Waals surface area contributed by atoms with Gasteiger partial charge in [0.05, 0.1) is 0 Å². The molecule has 150 valence electrons. The molecule has 0 saturated heterocycles. The molecule has 1 aliphatic carbocycles. The highest BCUT2D eigenvalue weighted by molar-refractivity contribution is 5.81. The minimum atomic E-state index is -2.94. The quantitative estimate of drug-likeness (QED) is 0.594. The molecule has 1 aromatic carbocycles. The van der Waals surface area contributed by atoms with E-state index in [9.17, 15) is 9.90 Å². The van der Waals surface area contributed by atoms with Gasteiger partial charge in [-0.3, -0.25) is 4.79 Å². The highest BCUT2D eigenvalue weighted by Crippen LogP contribution is 2.54. The van der Waals surface area contributed by atoms with Crippen LogP contribution in [-0.4, -0.2) is 16.5 Å². The van der Waals surface area contributed by atoms with Crippen molar-refractivity contribution in [2.24, 2.45) is 5.92 Å². The molecule has 2 atom stereocenters. The summed E-state index contributed by atoms with van der Waals surface area (Å²) in [6.07, 6.45) is 5.45. The number of phenolic OH excluding ortho intramolecular Hbond substituents is 1. The van der Waals surface area contributed by atoms with Crippen LogP contribution >= 0.6 is 0 Å². The molecule has 0 aromatic heterocycles. The van der Waals surface area contributed by atoms with Gasteiger partial charge < -0.3 is 9.84 Å². The third kappa shape index (κ3) is 4.02. The number of fused-ring (bicyclic) bond motifs is 3. The van der Waals surface area contributed by atoms with Crippen molar-refractivity contribution in [1.82, 2.24) is 0 Å². The van der Waals surface area contributed by atoms with Gasteiger partial charge in [-0.25, -0.2) is 0 Å². The van der Waals surface area contributed by atoms with Crippen molar-refractivity contribution in [2.45, 2.75) is 103 Å². The van der Waals surface area contributed by atoms with Crippen LogP contribution in [0.25, 0.3) is 0 Å². The maximum absolute atomic E-state index is 12.3. The van der Waals surface area contributed by atoms with Crippen molar-refractivity contribution in [1.29, 1.82) is 0 Å². The van der Waals surface area contributed by atoms with Gasteiger partial charge in [-0.2, -0.15) is 0 Å². The van der Waals surface area contributed by atoms with Gasteiger partial charge in [-0.1, -0.05) is 46.5 Å². The van der Waals surface area contributed by atoms with Gasteiger partial charge in [0, 0.05) is 38.5 Å². The van der Waals surface area contributed by atoms with E-state index in [0.717, 1.165) is 37.7 Å². The van der Waals surface area contributed by atoms with Crippen LogP contribution in [0, 0.1) is 5.92 Å². The summed E-state index contributed by atoms with van der Waals surface area (Å²) in [6.45, 7) is 0.365. The van der Waals surface area contributed by atoms with Gasteiger partial charge in [0.2, 0.25) is 0 Å². The Labute approximate surface area is 172 Å². The predicted octanol–water partition coefficient (Wildman–Crippen LogP) is 6.26. The zero-order chi connectivity index (χ0) is 24.8. The van der Waals surface area contributed by atoms with Crippen LogP contribution < -0.4 is 4.74 Å². The molecule has 0 amide bonds. The molecule has 2 aliphatic rings. The van der Waals surface area contributed by atoms with Crippen molar-refractivity contribution in [3.8, 4) is 11.5 Å². The molecule has 3 heteroatoms. The number of carbonyl (C=O) groups excluding carboxylic acids is 1. The highest BCUT2D eigenvalue weighted by atomic mass is 16.5. The topological polar surface area (TPSA) is 46.5 Å². The van der Waals surface area contributed by atoms with E-state index in [-0.39, 0.29) is 42.0 Å². The Morgan fingerprint density at radius 3 is 2.78 bits per heavy atom. The van der Waals surface area contributed by atoms with Gasteiger partial charge >= 0.3 is 0 Å². The number of rotatable bonds is 6. The number of hydrogen-bond donors (Lipinski definition) is 1. The van der Waals surface area contributed by atoms with E-state index in [1.165, 1.54) is 0 Å². The lowest BCUT2D eigenvalue weighted by molar-refractivity contribution is -0.124. The van der Waals surface area contributed by atoms with Gasteiger partial charge in [-0.05, 0) is 49.7 Å². The second-order valence-electron chi connectivity index (χ2n) is 8.93. The summed E-state index contributed by atoms with van der Waals surface area (Å²) < 4.78 is 55.3. The van der Waals surface area contributed by atoms with Crippen molar-refractivity contribution in [3.63, 3.8) is 0 Å². The van der Waals surface area contributed by atoms with Crippen LogP contribution in [0.5, 0.6) is 11.5 Å². The summed E-state index contributed by atoms with van der Waals surface area (Å²) in [4.78, 5) is 12.3. The number of carbonyl (C=O) groups is 1. The van der Waals surface area contributed by atoms with E-state index in [2.05, 4.69) is 20.8 Å². The van der Waals surface area contributed by atoms with Crippen molar-refractivity contribution in [3.05, 3.63) is 23.3 Å². The fourth-order valence-corrected chi connectivity index (χ4v) is 4.64. The highest BCUT2D eigenvalue weighted by Gasteiger charge is 2.47. The number of unbranched alkanes of at least 4 members (excludes halogenated alkanes) is 3. The zero-order valence-electron chi connectivity index (χ0n) is 22.7. The van der Waals surface area contributed by atoms with Crippen LogP contribution in [0.15, 0.2) is 12.1 Å². The fraction of sp³-hybridized carbons (Fsp3) is 0.708. The number of Topliss-reactive ketones (excluding diaryl/α,β-unsaturated/α-hetero) is 1. The summed E-state index contributed by atoms with van der Waals surface area (Å²) in [7, 11) is 0. The SMILES string of the molecule is [2H]C([2H])([2H])C1(C([2H])([2H])[2H])Oc2cc(C(C)(C)CCCCCC)cc(O)c2[C@@H]2CC(=O)CC[C@H]21. The van der Waals surface area contributed by atoms with Crippen molar-refractivity contribution >= 4 is 5.78 Å². The van der Waals surface area contributed by atoms with E-state index in [0.29, 0.717) is 5.56 Å². The fourth-order valence-electron chi connectivity index (χ4n) is 4.64. The summed E-state index contributed by atoms with van der Waals surface area (Å²) in [5.41, 5.74) is -1.64. The van der Waals surface area contributed by atoms with E-state index >= 15 is 0 Å². The Kier molecular flexibility index (Phi) is 3.78. The molecular weight excluding hydrogens is 336 g/mol. The first-order valence-corrected chi connectivity index (χ1v) is 10.2. The molecule has 3 rings (SSSR count). The van der Waals surface area contributed by atoms with E-state index in [1.54, 1.807) is 12.1 Å². The molecular formula is C24H36O3. The van der Waals surface area contributed by atoms with E-state index in [1.807, 2.05) is 0 Å². The van der Waals surface area contributed by atoms with Gasteiger partial charge in [-0.15, -0.1) is 0 Å². The third-order valence-electron chi connectivity index (χ3n) is 6.39.